The van der Waals surface area contributed by atoms with Crippen LogP contribution >= 0.6 is 0 Å². The zero-order valence-electron chi connectivity index (χ0n) is 22.7. The molecule has 6 rings (SSSR count). The molecular weight excluding hydrogens is 504 g/mol. The Labute approximate surface area is 226 Å². The maximum Gasteiger partial charge on any atom is 0.317 e. The van der Waals surface area contributed by atoms with Gasteiger partial charge in [-0.2, -0.15) is 10.2 Å². The van der Waals surface area contributed by atoms with Gasteiger partial charge in [-0.3, -0.25) is 9.36 Å². The van der Waals surface area contributed by atoms with E-state index >= 15 is 0 Å². The number of nitrogens with one attached hydrogen (secondary N) is 1. The number of nitrogens with zero attached hydrogens (tertiary/aromatic N) is 6. The van der Waals surface area contributed by atoms with Crippen molar-refractivity contribution in [1.82, 2.24) is 29.8 Å². The van der Waals surface area contributed by atoms with E-state index in [1.165, 1.54) is 0 Å². The number of ether oxygens (including phenoxy) is 1. The van der Waals surface area contributed by atoms with Crippen molar-refractivity contribution in [3.8, 4) is 11.1 Å². The average Bonchev–Trinajstić information content (AvgIpc) is 3.54. The molecule has 0 radical (unpaired) electrons. The van der Waals surface area contributed by atoms with Gasteiger partial charge in [0.05, 0.1) is 24.9 Å². The van der Waals surface area contributed by atoms with Crippen LogP contribution in [0.4, 0.5) is 25.1 Å². The molecular formula is C28H35F2N7O2. The Morgan fingerprint density at radius 1 is 1.23 bits per heavy atom. The van der Waals surface area contributed by atoms with Gasteiger partial charge in [-0.05, 0) is 55.9 Å². The standard InChI is InChI=1S/C28H35F2N7O2/c1-17-11-20(7-10-39-17)37-24-6-9-35(28(38)31-2)16-23(24)27(33-37)36-8-4-5-18-12-21(19-14-32-34(3)15-19)22(26(29)30)13-25(18)36/h12-15,17,20,26H,4-11,16H2,1-3H3,(H,31,38)/t17-,20-/m1/s1. The van der Waals surface area contributed by atoms with Crippen LogP contribution < -0.4 is 10.2 Å². The zero-order valence-corrected chi connectivity index (χ0v) is 22.7. The van der Waals surface area contributed by atoms with Crippen LogP contribution in [0.2, 0.25) is 0 Å². The molecule has 3 aliphatic heterocycles. The predicted molar refractivity (Wildman–Crippen MR) is 143 cm³/mol. The third-order valence-electron chi connectivity index (χ3n) is 8.25. The SMILES string of the molecule is CNC(=O)N1CCc2c(c(N3CCCc4cc(-c5cnn(C)c5)c(C(F)F)cc43)nn2[C@@H]2CCO[C@H](C)C2)C1. The van der Waals surface area contributed by atoms with Crippen LogP contribution in [-0.4, -0.2) is 63.3 Å². The fourth-order valence-corrected chi connectivity index (χ4v) is 6.33. The Morgan fingerprint density at radius 2 is 2.08 bits per heavy atom. The number of aromatic nitrogens is 4. The van der Waals surface area contributed by atoms with Crippen LogP contribution in [0.1, 0.15) is 61.0 Å². The number of fused-ring (bicyclic) bond motifs is 2. The molecule has 0 bridgehead atoms. The van der Waals surface area contributed by atoms with E-state index in [-0.39, 0.29) is 23.7 Å². The predicted octanol–water partition coefficient (Wildman–Crippen LogP) is 4.74. The van der Waals surface area contributed by atoms with Gasteiger partial charge in [0, 0.05) is 74.5 Å². The number of aryl methyl sites for hydroxylation is 2. The van der Waals surface area contributed by atoms with Gasteiger partial charge >= 0.3 is 6.03 Å². The first kappa shape index (κ1) is 25.8. The number of anilines is 2. The van der Waals surface area contributed by atoms with E-state index < -0.39 is 6.43 Å². The van der Waals surface area contributed by atoms with Gasteiger partial charge in [0.15, 0.2) is 5.82 Å². The van der Waals surface area contributed by atoms with Crippen molar-refractivity contribution in [3.63, 3.8) is 0 Å². The molecule has 1 N–H and O–H groups in total. The summed E-state index contributed by atoms with van der Waals surface area (Å²) in [6.45, 7) is 4.49. The van der Waals surface area contributed by atoms with Gasteiger partial charge in [-0.15, -0.1) is 0 Å². The zero-order chi connectivity index (χ0) is 27.3. The van der Waals surface area contributed by atoms with Crippen LogP contribution in [0.5, 0.6) is 0 Å². The van der Waals surface area contributed by atoms with E-state index in [9.17, 15) is 13.6 Å². The molecule has 11 heteroatoms. The van der Waals surface area contributed by atoms with E-state index in [1.54, 1.807) is 42.1 Å². The first-order valence-electron chi connectivity index (χ1n) is 13.7. The van der Waals surface area contributed by atoms with Crippen LogP contribution in [0.25, 0.3) is 11.1 Å². The molecule has 0 unspecified atom stereocenters. The van der Waals surface area contributed by atoms with Gasteiger partial charge in [0.1, 0.15) is 0 Å². The van der Waals surface area contributed by atoms with Crippen molar-refractivity contribution in [1.29, 1.82) is 0 Å². The first-order valence-corrected chi connectivity index (χ1v) is 13.7. The quantitative estimate of drug-likeness (QED) is 0.518. The maximum atomic E-state index is 14.4. The number of rotatable bonds is 4. The maximum absolute atomic E-state index is 14.4. The normalized spacial score (nSPS) is 21.2. The van der Waals surface area contributed by atoms with E-state index in [0.29, 0.717) is 43.8 Å². The van der Waals surface area contributed by atoms with Crippen molar-refractivity contribution >= 4 is 17.5 Å². The molecule has 1 aromatic carbocycles. The molecule has 39 heavy (non-hydrogen) atoms. The lowest BCUT2D eigenvalue weighted by molar-refractivity contribution is 0.00282. The summed E-state index contributed by atoms with van der Waals surface area (Å²) in [5.41, 5.74) is 5.13. The number of alkyl halides is 2. The lowest BCUT2D eigenvalue weighted by Crippen LogP contribution is -2.42. The molecule has 0 saturated carbocycles. The summed E-state index contributed by atoms with van der Waals surface area (Å²) >= 11 is 0. The topological polar surface area (TPSA) is 80.5 Å². The molecule has 2 amide bonds. The average molecular weight is 540 g/mol. The van der Waals surface area contributed by atoms with Gasteiger partial charge in [0.2, 0.25) is 0 Å². The molecule has 1 fully saturated rings. The highest BCUT2D eigenvalue weighted by atomic mass is 19.3. The van der Waals surface area contributed by atoms with E-state index in [0.717, 1.165) is 54.0 Å². The summed E-state index contributed by atoms with van der Waals surface area (Å²) in [6.07, 6.45) is 5.04. The minimum atomic E-state index is -2.63. The molecule has 0 aliphatic carbocycles. The fraction of sp³-hybridized carbons (Fsp3) is 0.536. The summed E-state index contributed by atoms with van der Waals surface area (Å²) in [6, 6.07) is 3.62. The third-order valence-corrected chi connectivity index (χ3v) is 8.25. The Bertz CT molecular complexity index is 1380. The van der Waals surface area contributed by atoms with Crippen LogP contribution in [0.15, 0.2) is 24.5 Å². The Hall–Kier alpha value is -3.47. The number of hydrogen-bond donors (Lipinski definition) is 1. The molecule has 1 saturated heterocycles. The van der Waals surface area contributed by atoms with Crippen molar-refractivity contribution in [2.75, 3.05) is 31.6 Å². The van der Waals surface area contributed by atoms with E-state index in [4.69, 9.17) is 9.84 Å². The molecule has 208 valence electrons. The molecule has 5 heterocycles. The number of hydrogen-bond acceptors (Lipinski definition) is 5. The third kappa shape index (κ3) is 4.66. The van der Waals surface area contributed by atoms with E-state index in [2.05, 4.69) is 26.9 Å². The molecule has 0 spiro atoms. The highest BCUT2D eigenvalue weighted by molar-refractivity contribution is 5.78. The van der Waals surface area contributed by atoms with Crippen molar-refractivity contribution in [2.24, 2.45) is 7.05 Å². The van der Waals surface area contributed by atoms with Gasteiger partial charge in [-0.1, -0.05) is 0 Å². The molecule has 3 aromatic rings. The summed E-state index contributed by atoms with van der Waals surface area (Å²) < 4.78 is 38.4. The summed E-state index contributed by atoms with van der Waals surface area (Å²) in [5, 5.41) is 12.1. The molecule has 9 nitrogen and oxygen atoms in total. The number of urea groups is 1. The number of carbonyl (C=O) groups is 1. The Morgan fingerprint density at radius 3 is 2.79 bits per heavy atom. The van der Waals surface area contributed by atoms with Gasteiger partial charge in [-0.25, -0.2) is 13.6 Å². The highest BCUT2D eigenvalue weighted by Gasteiger charge is 2.35. The van der Waals surface area contributed by atoms with Gasteiger partial charge in [0.25, 0.3) is 6.43 Å². The molecule has 3 aliphatic rings. The minimum absolute atomic E-state index is 0.00723. The van der Waals surface area contributed by atoms with E-state index in [1.807, 2.05) is 6.07 Å². The van der Waals surface area contributed by atoms with Crippen LogP contribution in [0.3, 0.4) is 0 Å². The monoisotopic (exact) mass is 539 g/mol. The van der Waals surface area contributed by atoms with Crippen molar-refractivity contribution in [2.45, 2.75) is 64.1 Å². The minimum Gasteiger partial charge on any atom is -0.378 e. The lowest BCUT2D eigenvalue weighted by Gasteiger charge is -2.33. The Kier molecular flexibility index (Phi) is 6.78. The largest absolute Gasteiger partial charge is 0.378 e. The Balaban J connectivity index is 1.46. The number of halogens is 2. The van der Waals surface area contributed by atoms with Crippen molar-refractivity contribution < 1.29 is 18.3 Å². The van der Waals surface area contributed by atoms with Crippen LogP contribution in [0, 0.1) is 0 Å². The number of amides is 2. The second-order valence-electron chi connectivity index (χ2n) is 10.8. The number of benzene rings is 1. The fourth-order valence-electron chi connectivity index (χ4n) is 6.33. The number of carbonyl (C=O) groups excluding carboxylic acids is 1. The van der Waals surface area contributed by atoms with Crippen molar-refractivity contribution in [3.05, 3.63) is 46.9 Å². The summed E-state index contributed by atoms with van der Waals surface area (Å²) in [4.78, 5) is 16.5. The van der Waals surface area contributed by atoms with Crippen LogP contribution in [-0.2, 0) is 31.2 Å². The second-order valence-corrected chi connectivity index (χ2v) is 10.8. The first-order chi connectivity index (χ1) is 18.8. The highest BCUT2D eigenvalue weighted by Crippen LogP contribution is 2.43. The molecule has 2 aromatic heterocycles. The molecule has 2 atom stereocenters. The summed E-state index contributed by atoms with van der Waals surface area (Å²) in [5.74, 6) is 0.771. The lowest BCUT2D eigenvalue weighted by atomic mass is 9.92. The smallest absolute Gasteiger partial charge is 0.317 e. The summed E-state index contributed by atoms with van der Waals surface area (Å²) in [7, 11) is 3.42. The van der Waals surface area contributed by atoms with Gasteiger partial charge < -0.3 is 19.9 Å². The second kappa shape index (κ2) is 10.3.